The Morgan fingerprint density at radius 1 is 1.22 bits per heavy atom. The van der Waals surface area contributed by atoms with Crippen molar-refractivity contribution in [1.82, 2.24) is 24.3 Å². The van der Waals surface area contributed by atoms with E-state index in [0.29, 0.717) is 12.4 Å². The second-order valence-corrected chi connectivity index (χ2v) is 7.98. The summed E-state index contributed by atoms with van der Waals surface area (Å²) in [5.74, 6) is 1.97. The smallest absolute Gasteiger partial charge is 0.236 e. The number of carbonyl (C=O) groups excluding carboxylic acids is 1. The molecule has 1 spiro atoms. The molecule has 0 saturated carbocycles. The quantitative estimate of drug-likeness (QED) is 0.821. The highest BCUT2D eigenvalue weighted by Gasteiger charge is 2.41. The molecular formula is C20H27N5O2. The van der Waals surface area contributed by atoms with Crippen molar-refractivity contribution in [2.45, 2.75) is 25.8 Å². The van der Waals surface area contributed by atoms with E-state index in [4.69, 9.17) is 4.74 Å². The van der Waals surface area contributed by atoms with Gasteiger partial charge < -0.3 is 14.2 Å². The number of likely N-dealkylation sites (N-methyl/N-ethyl adjacent to an activating group) is 1. The molecule has 0 N–H and O–H groups in total. The van der Waals surface area contributed by atoms with Gasteiger partial charge in [0.25, 0.3) is 0 Å². The van der Waals surface area contributed by atoms with Crippen molar-refractivity contribution in [3.8, 4) is 17.1 Å². The summed E-state index contributed by atoms with van der Waals surface area (Å²) in [5, 5.41) is 0. The van der Waals surface area contributed by atoms with Crippen LogP contribution in [-0.2, 0) is 17.8 Å². The highest BCUT2D eigenvalue weighted by atomic mass is 16.5. The standard InChI is InChI=1S/C20H27N5O2/c1-23(2)19(26)13-24-8-6-20(7-9-24)10-17-21-12-16(25(17)14-20)15-4-5-18(27-3)22-11-15/h4-5,11-12H,6-10,13-14H2,1-3H3. The molecule has 1 amide bonds. The second-order valence-electron chi connectivity index (χ2n) is 7.98. The maximum atomic E-state index is 12.0. The molecule has 0 aliphatic carbocycles. The number of fused-ring (bicyclic) bond motifs is 1. The van der Waals surface area contributed by atoms with Gasteiger partial charge in [0, 0.05) is 44.9 Å². The van der Waals surface area contributed by atoms with E-state index < -0.39 is 0 Å². The summed E-state index contributed by atoms with van der Waals surface area (Å²) < 4.78 is 7.51. The van der Waals surface area contributed by atoms with Crippen LogP contribution >= 0.6 is 0 Å². The minimum Gasteiger partial charge on any atom is -0.481 e. The average molecular weight is 369 g/mol. The van der Waals surface area contributed by atoms with E-state index in [1.54, 1.807) is 12.0 Å². The van der Waals surface area contributed by atoms with Crippen LogP contribution in [0.3, 0.4) is 0 Å². The number of methoxy groups -OCH3 is 1. The maximum Gasteiger partial charge on any atom is 0.236 e. The summed E-state index contributed by atoms with van der Waals surface area (Å²) in [5.41, 5.74) is 2.47. The molecule has 0 aromatic carbocycles. The lowest BCUT2D eigenvalue weighted by molar-refractivity contribution is -0.130. The molecule has 2 aromatic rings. The summed E-state index contributed by atoms with van der Waals surface area (Å²) in [6.45, 7) is 3.48. The largest absolute Gasteiger partial charge is 0.481 e. The van der Waals surface area contributed by atoms with Gasteiger partial charge in [0.1, 0.15) is 5.82 Å². The van der Waals surface area contributed by atoms with E-state index in [0.717, 1.165) is 50.2 Å². The molecule has 4 rings (SSSR count). The van der Waals surface area contributed by atoms with Crippen LogP contribution in [0.4, 0.5) is 0 Å². The number of carbonyl (C=O) groups is 1. The zero-order chi connectivity index (χ0) is 19.0. The Morgan fingerprint density at radius 2 is 2.00 bits per heavy atom. The monoisotopic (exact) mass is 369 g/mol. The van der Waals surface area contributed by atoms with E-state index in [9.17, 15) is 4.79 Å². The number of hydrogen-bond acceptors (Lipinski definition) is 5. The third-order valence-corrected chi connectivity index (χ3v) is 5.98. The van der Waals surface area contributed by atoms with Crippen LogP contribution in [0.1, 0.15) is 18.7 Å². The SMILES string of the molecule is COc1ccc(-c2cnc3n2CC2(CCN(CC(=O)N(C)C)CC2)C3)cn1. The fraction of sp³-hybridized carbons (Fsp3) is 0.550. The Labute approximate surface area is 160 Å². The van der Waals surface area contributed by atoms with Crippen LogP contribution in [0.15, 0.2) is 24.5 Å². The van der Waals surface area contributed by atoms with Crippen molar-refractivity contribution in [2.75, 3.05) is 40.8 Å². The van der Waals surface area contributed by atoms with Gasteiger partial charge in [-0.1, -0.05) is 0 Å². The molecule has 144 valence electrons. The van der Waals surface area contributed by atoms with Crippen molar-refractivity contribution < 1.29 is 9.53 Å². The third kappa shape index (κ3) is 3.43. The molecule has 2 aromatic heterocycles. The Bertz CT molecular complexity index is 819. The number of imidazole rings is 1. The van der Waals surface area contributed by atoms with E-state index >= 15 is 0 Å². The predicted octanol–water partition coefficient (Wildman–Crippen LogP) is 1.68. The number of rotatable bonds is 4. The first kappa shape index (κ1) is 18.0. The van der Waals surface area contributed by atoms with Gasteiger partial charge in [-0.15, -0.1) is 0 Å². The summed E-state index contributed by atoms with van der Waals surface area (Å²) in [6.07, 6.45) is 7.04. The molecule has 2 aliphatic heterocycles. The Morgan fingerprint density at radius 3 is 2.63 bits per heavy atom. The minimum atomic E-state index is 0.180. The molecule has 0 radical (unpaired) electrons. The van der Waals surface area contributed by atoms with Gasteiger partial charge in [-0.25, -0.2) is 9.97 Å². The van der Waals surface area contributed by atoms with Crippen molar-refractivity contribution in [1.29, 1.82) is 0 Å². The number of hydrogen-bond donors (Lipinski definition) is 0. The number of nitrogens with zero attached hydrogens (tertiary/aromatic N) is 5. The summed E-state index contributed by atoms with van der Waals surface area (Å²) in [6, 6.07) is 3.93. The Hall–Kier alpha value is -2.41. The summed E-state index contributed by atoms with van der Waals surface area (Å²) >= 11 is 0. The van der Waals surface area contributed by atoms with Gasteiger partial charge in [0.05, 0.1) is 25.5 Å². The van der Waals surface area contributed by atoms with Crippen LogP contribution in [0.5, 0.6) is 5.88 Å². The molecule has 7 nitrogen and oxygen atoms in total. The van der Waals surface area contributed by atoms with Gasteiger partial charge in [0.2, 0.25) is 11.8 Å². The van der Waals surface area contributed by atoms with Crippen molar-refractivity contribution in [3.63, 3.8) is 0 Å². The number of pyridine rings is 1. The number of amides is 1. The van der Waals surface area contributed by atoms with Crippen LogP contribution in [0, 0.1) is 5.41 Å². The zero-order valence-electron chi connectivity index (χ0n) is 16.3. The molecular weight excluding hydrogens is 342 g/mol. The van der Waals surface area contributed by atoms with Gasteiger partial charge in [-0.3, -0.25) is 9.69 Å². The molecule has 1 fully saturated rings. The van der Waals surface area contributed by atoms with Crippen molar-refractivity contribution in [3.05, 3.63) is 30.4 Å². The second kappa shape index (κ2) is 6.96. The van der Waals surface area contributed by atoms with E-state index in [1.807, 2.05) is 38.6 Å². The number of piperidine rings is 1. The first-order valence-corrected chi connectivity index (χ1v) is 9.47. The number of likely N-dealkylation sites (tertiary alicyclic amines) is 1. The first-order valence-electron chi connectivity index (χ1n) is 9.47. The zero-order valence-corrected chi connectivity index (χ0v) is 16.3. The minimum absolute atomic E-state index is 0.180. The molecule has 7 heteroatoms. The Balaban J connectivity index is 1.44. The van der Waals surface area contributed by atoms with Crippen molar-refractivity contribution >= 4 is 5.91 Å². The molecule has 4 heterocycles. The van der Waals surface area contributed by atoms with Crippen LogP contribution in [-0.4, -0.2) is 71.1 Å². The van der Waals surface area contributed by atoms with Crippen LogP contribution < -0.4 is 4.74 Å². The fourth-order valence-electron chi connectivity index (χ4n) is 4.19. The molecule has 27 heavy (non-hydrogen) atoms. The number of aromatic nitrogens is 3. The molecule has 1 saturated heterocycles. The molecule has 0 bridgehead atoms. The fourth-order valence-corrected chi connectivity index (χ4v) is 4.19. The number of ether oxygens (including phenoxy) is 1. The lowest BCUT2D eigenvalue weighted by Crippen LogP contribution is -2.45. The molecule has 0 unspecified atom stereocenters. The average Bonchev–Trinajstić information content (AvgIpc) is 3.21. The van der Waals surface area contributed by atoms with E-state index in [2.05, 4.69) is 19.4 Å². The lowest BCUT2D eigenvalue weighted by Gasteiger charge is -2.39. The van der Waals surface area contributed by atoms with Crippen LogP contribution in [0.25, 0.3) is 11.3 Å². The first-order chi connectivity index (χ1) is 13.0. The summed E-state index contributed by atoms with van der Waals surface area (Å²) in [7, 11) is 5.26. The van der Waals surface area contributed by atoms with Gasteiger partial charge in [-0.2, -0.15) is 0 Å². The lowest BCUT2D eigenvalue weighted by atomic mass is 9.77. The van der Waals surface area contributed by atoms with Crippen molar-refractivity contribution in [2.24, 2.45) is 5.41 Å². The van der Waals surface area contributed by atoms with Gasteiger partial charge in [-0.05, 0) is 37.4 Å². The topological polar surface area (TPSA) is 63.5 Å². The maximum absolute atomic E-state index is 12.0. The van der Waals surface area contributed by atoms with E-state index in [-0.39, 0.29) is 11.3 Å². The highest BCUT2D eigenvalue weighted by Crippen LogP contribution is 2.43. The van der Waals surface area contributed by atoms with Gasteiger partial charge in [0.15, 0.2) is 0 Å². The third-order valence-electron chi connectivity index (χ3n) is 5.98. The predicted molar refractivity (Wildman–Crippen MR) is 103 cm³/mol. The Kier molecular flexibility index (Phi) is 4.63. The normalized spacial score (nSPS) is 18.5. The highest BCUT2D eigenvalue weighted by molar-refractivity contribution is 5.77. The molecule has 2 aliphatic rings. The molecule has 0 atom stereocenters. The summed E-state index contributed by atoms with van der Waals surface area (Å²) in [4.78, 5) is 24.9. The van der Waals surface area contributed by atoms with Crippen LogP contribution in [0.2, 0.25) is 0 Å². The van der Waals surface area contributed by atoms with E-state index in [1.165, 1.54) is 5.82 Å². The van der Waals surface area contributed by atoms with Gasteiger partial charge >= 0.3 is 0 Å².